The summed E-state index contributed by atoms with van der Waals surface area (Å²) in [5, 5.41) is 4.00. The van der Waals surface area contributed by atoms with Crippen LogP contribution in [0.2, 0.25) is 0 Å². The molecular weight excluding hydrogens is 352 g/mol. The van der Waals surface area contributed by atoms with Crippen molar-refractivity contribution in [2.24, 2.45) is 5.92 Å². The van der Waals surface area contributed by atoms with Crippen LogP contribution in [0.3, 0.4) is 0 Å². The van der Waals surface area contributed by atoms with Crippen LogP contribution in [0.1, 0.15) is 35.4 Å². The number of rotatable bonds is 6. The van der Waals surface area contributed by atoms with Gasteiger partial charge in [0.1, 0.15) is 0 Å². The van der Waals surface area contributed by atoms with Gasteiger partial charge in [0.05, 0.1) is 0 Å². The maximum absolute atomic E-state index is 4.00. The molecule has 0 aromatic heterocycles. The van der Waals surface area contributed by atoms with Crippen LogP contribution in [0, 0.1) is 5.92 Å². The monoisotopic (exact) mass is 382 g/mol. The Labute approximate surface area is 174 Å². The predicted octanol–water partition coefficient (Wildman–Crippen LogP) is 5.07. The lowest BCUT2D eigenvalue weighted by Gasteiger charge is -2.54. The summed E-state index contributed by atoms with van der Waals surface area (Å²) in [4.78, 5) is 2.76. The first-order valence-corrected chi connectivity index (χ1v) is 11.0. The van der Waals surface area contributed by atoms with E-state index in [9.17, 15) is 0 Å². The van der Waals surface area contributed by atoms with Crippen molar-refractivity contribution >= 4 is 0 Å². The first-order chi connectivity index (χ1) is 14.4. The van der Waals surface area contributed by atoms with Crippen molar-refractivity contribution in [1.29, 1.82) is 0 Å². The summed E-state index contributed by atoms with van der Waals surface area (Å²) in [5.74, 6) is 1.16. The van der Waals surface area contributed by atoms with Crippen molar-refractivity contribution in [3.8, 4) is 0 Å². The second-order valence-electron chi connectivity index (χ2n) is 8.56. The number of hydrogen-bond acceptors (Lipinski definition) is 2. The maximum atomic E-state index is 4.00. The average Bonchev–Trinajstić information content (AvgIpc) is 2.81. The maximum Gasteiger partial charge on any atom is 0.0361 e. The minimum absolute atomic E-state index is 0.397. The Morgan fingerprint density at radius 1 is 0.724 bits per heavy atom. The first kappa shape index (κ1) is 18.6. The summed E-state index contributed by atoms with van der Waals surface area (Å²) >= 11 is 0. The smallest absolute Gasteiger partial charge is 0.0361 e. The van der Waals surface area contributed by atoms with Crippen molar-refractivity contribution in [2.75, 3.05) is 13.1 Å². The van der Waals surface area contributed by atoms with Gasteiger partial charge in [0.25, 0.3) is 0 Å². The van der Waals surface area contributed by atoms with E-state index in [1.54, 1.807) is 0 Å². The number of piperidine rings is 3. The lowest BCUT2D eigenvalue weighted by molar-refractivity contribution is 0.00468. The molecule has 3 aromatic rings. The van der Waals surface area contributed by atoms with Gasteiger partial charge < -0.3 is 5.32 Å². The quantitative estimate of drug-likeness (QED) is 0.640. The molecule has 2 heteroatoms. The first-order valence-electron chi connectivity index (χ1n) is 11.0. The fourth-order valence-corrected chi connectivity index (χ4v) is 5.53. The van der Waals surface area contributed by atoms with E-state index in [-0.39, 0.29) is 0 Å². The summed E-state index contributed by atoms with van der Waals surface area (Å²) in [5.41, 5.74) is 4.24. The minimum Gasteiger partial charge on any atom is -0.308 e. The Hall–Kier alpha value is -2.42. The molecule has 148 valence electrons. The molecule has 0 aliphatic carbocycles. The SMILES string of the molecule is c1ccc(CN[C@H]2C3CCN(CC3)C2C(c2ccccc2)c2ccccc2)cc1. The van der Waals surface area contributed by atoms with Crippen LogP contribution in [0.5, 0.6) is 0 Å². The van der Waals surface area contributed by atoms with Gasteiger partial charge in [-0.3, -0.25) is 4.90 Å². The molecule has 3 aliphatic rings. The zero-order valence-electron chi connectivity index (χ0n) is 17.0. The summed E-state index contributed by atoms with van der Waals surface area (Å²) in [6, 6.07) is 34.1. The van der Waals surface area contributed by atoms with Crippen molar-refractivity contribution in [1.82, 2.24) is 10.2 Å². The Morgan fingerprint density at radius 2 is 1.24 bits per heavy atom. The molecule has 2 bridgehead atoms. The fraction of sp³-hybridized carbons (Fsp3) is 0.333. The predicted molar refractivity (Wildman–Crippen MR) is 120 cm³/mol. The average molecular weight is 383 g/mol. The van der Waals surface area contributed by atoms with Gasteiger partial charge in [0.15, 0.2) is 0 Å². The highest BCUT2D eigenvalue weighted by Crippen LogP contribution is 2.42. The Kier molecular flexibility index (Phi) is 5.47. The molecule has 0 saturated carbocycles. The van der Waals surface area contributed by atoms with Crippen molar-refractivity contribution < 1.29 is 0 Å². The Morgan fingerprint density at radius 3 is 1.79 bits per heavy atom. The fourth-order valence-electron chi connectivity index (χ4n) is 5.53. The molecule has 0 spiro atoms. The summed E-state index contributed by atoms with van der Waals surface area (Å²) in [6.45, 7) is 3.41. The van der Waals surface area contributed by atoms with Crippen LogP contribution < -0.4 is 5.32 Å². The number of nitrogens with one attached hydrogen (secondary N) is 1. The van der Waals surface area contributed by atoms with E-state index in [1.165, 1.54) is 42.6 Å². The normalized spacial score (nSPS) is 26.0. The van der Waals surface area contributed by atoms with Gasteiger partial charge in [0.2, 0.25) is 0 Å². The molecule has 3 saturated heterocycles. The third-order valence-corrected chi connectivity index (χ3v) is 6.92. The molecule has 29 heavy (non-hydrogen) atoms. The number of fused-ring (bicyclic) bond motifs is 3. The van der Waals surface area contributed by atoms with E-state index in [4.69, 9.17) is 0 Å². The molecule has 3 aliphatic heterocycles. The molecule has 1 N–H and O–H groups in total. The lowest BCUT2D eigenvalue weighted by Crippen LogP contribution is -2.64. The molecule has 3 fully saturated rings. The second kappa shape index (κ2) is 8.52. The number of benzene rings is 3. The molecular formula is C27H30N2. The Balaban J connectivity index is 1.50. The Bertz CT molecular complexity index is 846. The molecule has 1 unspecified atom stereocenters. The van der Waals surface area contributed by atoms with Crippen LogP contribution in [0.15, 0.2) is 91.0 Å². The third kappa shape index (κ3) is 3.88. The number of hydrogen-bond donors (Lipinski definition) is 1. The summed E-state index contributed by atoms with van der Waals surface area (Å²) in [6.07, 6.45) is 2.64. The minimum atomic E-state index is 0.397. The van der Waals surface area contributed by atoms with Gasteiger partial charge in [-0.25, -0.2) is 0 Å². The summed E-state index contributed by atoms with van der Waals surface area (Å²) < 4.78 is 0. The third-order valence-electron chi connectivity index (χ3n) is 6.92. The van der Waals surface area contributed by atoms with Crippen LogP contribution in [0.4, 0.5) is 0 Å². The second-order valence-corrected chi connectivity index (χ2v) is 8.56. The zero-order chi connectivity index (χ0) is 19.5. The van der Waals surface area contributed by atoms with Crippen LogP contribution >= 0.6 is 0 Å². The molecule has 6 rings (SSSR count). The van der Waals surface area contributed by atoms with Crippen molar-refractivity contribution in [2.45, 2.75) is 37.4 Å². The number of nitrogens with zero attached hydrogens (tertiary/aromatic N) is 1. The van der Waals surface area contributed by atoms with E-state index < -0.39 is 0 Å². The molecule has 2 nitrogen and oxygen atoms in total. The van der Waals surface area contributed by atoms with E-state index in [2.05, 4.69) is 101 Å². The van der Waals surface area contributed by atoms with Crippen LogP contribution in [-0.2, 0) is 6.54 Å². The van der Waals surface area contributed by atoms with Gasteiger partial charge in [-0.15, -0.1) is 0 Å². The largest absolute Gasteiger partial charge is 0.308 e. The zero-order valence-corrected chi connectivity index (χ0v) is 17.0. The van der Waals surface area contributed by atoms with Crippen LogP contribution in [0.25, 0.3) is 0 Å². The molecule has 3 aromatic carbocycles. The molecule has 3 heterocycles. The highest BCUT2D eigenvalue weighted by atomic mass is 15.2. The van der Waals surface area contributed by atoms with E-state index in [0.717, 1.165) is 12.5 Å². The van der Waals surface area contributed by atoms with Crippen molar-refractivity contribution in [3.05, 3.63) is 108 Å². The standard InChI is InChI=1S/C27H30N2/c1-4-10-21(11-5-1)20-28-26-24-16-18-29(19-17-24)27(26)25(22-12-6-2-7-13-22)23-14-8-3-9-15-23/h1-15,24-28H,16-20H2/t26-,27?/m0/s1. The van der Waals surface area contributed by atoms with Gasteiger partial charge in [-0.05, 0) is 48.5 Å². The molecule has 0 radical (unpaired) electrons. The summed E-state index contributed by atoms with van der Waals surface area (Å²) in [7, 11) is 0. The van der Waals surface area contributed by atoms with E-state index in [0.29, 0.717) is 18.0 Å². The van der Waals surface area contributed by atoms with Gasteiger partial charge in [0, 0.05) is 24.5 Å². The van der Waals surface area contributed by atoms with E-state index in [1.807, 2.05) is 0 Å². The highest BCUT2D eigenvalue weighted by molar-refractivity contribution is 5.36. The lowest BCUT2D eigenvalue weighted by atomic mass is 9.70. The van der Waals surface area contributed by atoms with Crippen LogP contribution in [-0.4, -0.2) is 30.1 Å². The van der Waals surface area contributed by atoms with E-state index >= 15 is 0 Å². The highest BCUT2D eigenvalue weighted by Gasteiger charge is 2.46. The van der Waals surface area contributed by atoms with Gasteiger partial charge >= 0.3 is 0 Å². The topological polar surface area (TPSA) is 15.3 Å². The van der Waals surface area contributed by atoms with Crippen molar-refractivity contribution in [3.63, 3.8) is 0 Å². The molecule has 0 amide bonds. The van der Waals surface area contributed by atoms with Gasteiger partial charge in [-0.2, -0.15) is 0 Å². The van der Waals surface area contributed by atoms with Gasteiger partial charge in [-0.1, -0.05) is 91.0 Å². The molecule has 2 atom stereocenters.